The Kier molecular flexibility index (Phi) is 3.87. The van der Waals surface area contributed by atoms with Crippen LogP contribution in [0.1, 0.15) is 20.8 Å². The van der Waals surface area contributed by atoms with Crippen molar-refractivity contribution in [2.75, 3.05) is 6.54 Å². The molecule has 0 aliphatic carbocycles. The molecule has 0 bridgehead atoms. The molecule has 5 rings (SSSR count). The van der Waals surface area contributed by atoms with Crippen molar-refractivity contribution < 1.29 is 15.0 Å². The van der Waals surface area contributed by atoms with E-state index in [1.165, 1.54) is 16.5 Å². The lowest BCUT2D eigenvalue weighted by Gasteiger charge is -2.27. The zero-order valence-electron chi connectivity index (χ0n) is 15.0. The van der Waals surface area contributed by atoms with Gasteiger partial charge in [0.25, 0.3) is 5.91 Å². The zero-order chi connectivity index (χ0) is 19.3. The molecule has 1 aliphatic rings. The molecule has 0 atom stereocenters. The third kappa shape index (κ3) is 2.65. The van der Waals surface area contributed by atoms with Crippen molar-refractivity contribution in [2.24, 2.45) is 0 Å². The molecule has 6 heteroatoms. The van der Waals surface area contributed by atoms with E-state index in [-0.39, 0.29) is 23.0 Å². The fourth-order valence-electron chi connectivity index (χ4n) is 3.82. The fraction of sp³-hybridized carbons (Fsp3) is 0.136. The highest BCUT2D eigenvalue weighted by molar-refractivity contribution is 7.10. The quantitative estimate of drug-likeness (QED) is 0.536. The van der Waals surface area contributed by atoms with Crippen molar-refractivity contribution in [3.63, 3.8) is 0 Å². The molecule has 140 valence electrons. The summed E-state index contributed by atoms with van der Waals surface area (Å²) in [6.45, 7) is 1.16. The molecule has 0 unspecified atom stereocenters. The molecule has 28 heavy (non-hydrogen) atoms. The maximum atomic E-state index is 13.1. The summed E-state index contributed by atoms with van der Waals surface area (Å²) in [7, 11) is 0. The van der Waals surface area contributed by atoms with Gasteiger partial charge in [-0.05, 0) is 47.0 Å². The van der Waals surface area contributed by atoms with Crippen LogP contribution in [-0.2, 0) is 13.0 Å². The molecule has 2 N–H and O–H groups in total. The van der Waals surface area contributed by atoms with Gasteiger partial charge in [0.1, 0.15) is 11.5 Å². The smallest absolute Gasteiger partial charge is 0.258 e. The second-order valence-electron chi connectivity index (χ2n) is 6.95. The van der Waals surface area contributed by atoms with Crippen LogP contribution in [-0.4, -0.2) is 32.1 Å². The highest BCUT2D eigenvalue weighted by atomic mass is 32.1. The number of hydrogen-bond acceptors (Lipinski definition) is 4. The van der Waals surface area contributed by atoms with E-state index in [4.69, 9.17) is 0 Å². The first-order valence-corrected chi connectivity index (χ1v) is 9.97. The minimum Gasteiger partial charge on any atom is -0.507 e. The van der Waals surface area contributed by atoms with E-state index in [2.05, 4.69) is 0 Å². The van der Waals surface area contributed by atoms with Crippen LogP contribution in [0.25, 0.3) is 16.6 Å². The van der Waals surface area contributed by atoms with E-state index in [0.29, 0.717) is 18.8 Å². The normalized spacial score (nSPS) is 13.6. The number of aromatic hydroxyl groups is 2. The lowest BCUT2D eigenvalue weighted by molar-refractivity contribution is 0.0732. The number of nitrogens with zero attached hydrogens (tertiary/aromatic N) is 2. The van der Waals surface area contributed by atoms with E-state index in [1.54, 1.807) is 22.3 Å². The van der Waals surface area contributed by atoms with E-state index < -0.39 is 0 Å². The number of phenolic OH excluding ortho intramolecular Hbond substituents is 2. The average Bonchev–Trinajstić information content (AvgIpc) is 3.34. The first kappa shape index (κ1) is 16.9. The number of rotatable bonds is 2. The van der Waals surface area contributed by atoms with E-state index in [9.17, 15) is 15.0 Å². The number of para-hydroxylation sites is 1. The highest BCUT2D eigenvalue weighted by Crippen LogP contribution is 2.34. The highest BCUT2D eigenvalue weighted by Gasteiger charge is 2.25. The molecule has 0 saturated heterocycles. The summed E-state index contributed by atoms with van der Waals surface area (Å²) < 4.78 is 1.83. The van der Waals surface area contributed by atoms with Crippen molar-refractivity contribution in [2.45, 2.75) is 13.0 Å². The number of fused-ring (bicyclic) bond motifs is 2. The fourth-order valence-corrected chi connectivity index (χ4v) is 4.70. The van der Waals surface area contributed by atoms with Crippen LogP contribution in [0.5, 0.6) is 11.5 Å². The topological polar surface area (TPSA) is 65.7 Å². The van der Waals surface area contributed by atoms with Crippen LogP contribution in [0.2, 0.25) is 0 Å². The molecular formula is C22H18N2O3S. The van der Waals surface area contributed by atoms with Gasteiger partial charge < -0.3 is 19.7 Å². The standard InChI is InChI=1S/C22H18N2O3S/c25-19-12-20(26)18(24-9-5-14-3-1-2-4-17(14)24)11-16(19)22(27)23-8-6-21-15(13-23)7-10-28-21/h1-5,7,9-12,25-26H,6,8,13H2. The van der Waals surface area contributed by atoms with Gasteiger partial charge in [0, 0.05) is 30.2 Å². The number of phenols is 2. The summed E-state index contributed by atoms with van der Waals surface area (Å²) in [6.07, 6.45) is 2.68. The third-order valence-corrected chi connectivity index (χ3v) is 6.30. The first-order valence-electron chi connectivity index (χ1n) is 9.09. The Hall–Kier alpha value is -3.25. The Morgan fingerprint density at radius 1 is 1.04 bits per heavy atom. The zero-order valence-corrected chi connectivity index (χ0v) is 15.8. The van der Waals surface area contributed by atoms with Crippen molar-refractivity contribution in [3.8, 4) is 17.2 Å². The largest absolute Gasteiger partial charge is 0.507 e. The minimum absolute atomic E-state index is 0.0748. The molecule has 5 nitrogen and oxygen atoms in total. The molecular weight excluding hydrogens is 372 g/mol. The van der Waals surface area contributed by atoms with Crippen molar-refractivity contribution >= 4 is 28.1 Å². The Morgan fingerprint density at radius 2 is 1.89 bits per heavy atom. The number of amides is 1. The second kappa shape index (κ2) is 6.42. The molecule has 4 aromatic rings. The lowest BCUT2D eigenvalue weighted by Crippen LogP contribution is -2.35. The number of carbonyl (C=O) groups excluding carboxylic acids is 1. The molecule has 0 spiro atoms. The Labute approximate surface area is 165 Å². The monoisotopic (exact) mass is 390 g/mol. The number of carbonyl (C=O) groups is 1. The lowest BCUT2D eigenvalue weighted by atomic mass is 10.1. The van der Waals surface area contributed by atoms with Crippen LogP contribution in [0.3, 0.4) is 0 Å². The van der Waals surface area contributed by atoms with Crippen LogP contribution in [0.4, 0.5) is 0 Å². The van der Waals surface area contributed by atoms with Crippen LogP contribution < -0.4 is 0 Å². The van der Waals surface area contributed by atoms with E-state index in [1.807, 2.05) is 52.5 Å². The van der Waals surface area contributed by atoms with Crippen molar-refractivity contribution in [1.82, 2.24) is 9.47 Å². The van der Waals surface area contributed by atoms with Crippen LogP contribution in [0.15, 0.2) is 60.1 Å². The van der Waals surface area contributed by atoms with Gasteiger partial charge in [0.2, 0.25) is 0 Å². The van der Waals surface area contributed by atoms with Gasteiger partial charge in [-0.3, -0.25) is 4.79 Å². The SMILES string of the molecule is O=C(c1cc(-n2ccc3ccccc32)c(O)cc1O)N1CCc2sccc2C1. The van der Waals surface area contributed by atoms with Gasteiger partial charge in [-0.2, -0.15) is 0 Å². The van der Waals surface area contributed by atoms with Gasteiger partial charge in [-0.25, -0.2) is 0 Å². The van der Waals surface area contributed by atoms with Gasteiger partial charge in [-0.1, -0.05) is 18.2 Å². The first-order chi connectivity index (χ1) is 13.6. The number of aromatic nitrogens is 1. The number of benzene rings is 2. The van der Waals surface area contributed by atoms with Crippen LogP contribution >= 0.6 is 11.3 Å². The Balaban J connectivity index is 1.56. The summed E-state index contributed by atoms with van der Waals surface area (Å²) in [5.74, 6) is -0.514. The molecule has 0 radical (unpaired) electrons. The van der Waals surface area contributed by atoms with E-state index in [0.717, 1.165) is 17.3 Å². The van der Waals surface area contributed by atoms with Gasteiger partial charge in [-0.15, -0.1) is 11.3 Å². The summed E-state index contributed by atoms with van der Waals surface area (Å²) in [4.78, 5) is 16.2. The second-order valence-corrected chi connectivity index (χ2v) is 7.95. The number of hydrogen-bond donors (Lipinski definition) is 2. The van der Waals surface area contributed by atoms with Crippen molar-refractivity contribution in [3.05, 3.63) is 76.1 Å². The molecule has 1 amide bonds. The molecule has 3 heterocycles. The predicted octanol–water partition coefficient (Wildman–Crippen LogP) is 4.30. The van der Waals surface area contributed by atoms with Gasteiger partial charge in [0.05, 0.1) is 16.8 Å². The molecule has 0 saturated carbocycles. The number of thiophene rings is 1. The maximum absolute atomic E-state index is 13.1. The maximum Gasteiger partial charge on any atom is 0.258 e. The summed E-state index contributed by atoms with van der Waals surface area (Å²) in [6, 6.07) is 14.6. The minimum atomic E-state index is -0.230. The molecule has 0 fully saturated rings. The predicted molar refractivity (Wildman–Crippen MR) is 109 cm³/mol. The van der Waals surface area contributed by atoms with Gasteiger partial charge in [0.15, 0.2) is 0 Å². The van der Waals surface area contributed by atoms with Gasteiger partial charge >= 0.3 is 0 Å². The van der Waals surface area contributed by atoms with Crippen molar-refractivity contribution in [1.29, 1.82) is 0 Å². The molecule has 2 aromatic heterocycles. The van der Waals surface area contributed by atoms with E-state index >= 15 is 0 Å². The Morgan fingerprint density at radius 3 is 2.79 bits per heavy atom. The third-order valence-electron chi connectivity index (χ3n) is 5.28. The average molecular weight is 390 g/mol. The molecule has 2 aromatic carbocycles. The summed E-state index contributed by atoms with van der Waals surface area (Å²) >= 11 is 1.72. The Bertz CT molecular complexity index is 1210. The van der Waals surface area contributed by atoms with Crippen LogP contribution in [0, 0.1) is 0 Å². The summed E-state index contributed by atoms with van der Waals surface area (Å²) in [5, 5.41) is 23.9. The summed E-state index contributed by atoms with van der Waals surface area (Å²) in [5.41, 5.74) is 2.75. The molecule has 1 aliphatic heterocycles.